The molecule has 6 atom stereocenters. The molecule has 354 valence electrons. The minimum absolute atomic E-state index is 0.0510. The summed E-state index contributed by atoms with van der Waals surface area (Å²) in [6.45, 7) is 0.271. The van der Waals surface area contributed by atoms with Crippen LogP contribution in [0, 0.1) is 23.7 Å². The van der Waals surface area contributed by atoms with E-state index in [1.54, 1.807) is 49.5 Å². The van der Waals surface area contributed by atoms with Crippen LogP contribution < -0.4 is 19.5 Å². The Labute approximate surface area is 399 Å². The Morgan fingerprint density at radius 3 is 2.09 bits per heavy atom. The first-order chi connectivity index (χ1) is 33.6. The van der Waals surface area contributed by atoms with Crippen molar-refractivity contribution in [1.82, 2.24) is 9.80 Å². The smallest absolute Gasteiger partial charge is 0.324 e. The van der Waals surface area contributed by atoms with Gasteiger partial charge in [-0.05, 0) is 82.3 Å². The van der Waals surface area contributed by atoms with E-state index in [0.29, 0.717) is 46.0 Å². The van der Waals surface area contributed by atoms with E-state index in [-0.39, 0.29) is 32.7 Å². The van der Waals surface area contributed by atoms with Crippen LogP contribution in [0.5, 0.6) is 17.2 Å². The van der Waals surface area contributed by atoms with Gasteiger partial charge in [-0.25, -0.2) is 0 Å². The van der Waals surface area contributed by atoms with Crippen molar-refractivity contribution >= 4 is 35.4 Å². The molecule has 0 aromatic heterocycles. The summed E-state index contributed by atoms with van der Waals surface area (Å²) in [7, 11) is 5.46. The van der Waals surface area contributed by atoms with Crippen molar-refractivity contribution < 1.29 is 57.5 Å². The SMILES string of the molecule is COC(=O)C(CC#Cc1ccc2c(c1)C1(C(=O)N2)C(C(=O)N2CCc3cc(OC)c(OC)cc3C2)C2C(=O)OC(c3ccccc3)C(c3ccccc3)N2C1c1ccc(OCCO)cc1)C(=O)OC. The quantitative estimate of drug-likeness (QED) is 0.0681. The Morgan fingerprint density at radius 1 is 0.797 bits per heavy atom. The van der Waals surface area contributed by atoms with Crippen LogP contribution in [0.25, 0.3) is 0 Å². The van der Waals surface area contributed by atoms with Crippen LogP contribution in [0.4, 0.5) is 5.69 Å². The summed E-state index contributed by atoms with van der Waals surface area (Å²) in [5, 5.41) is 12.7. The first-order valence-corrected chi connectivity index (χ1v) is 22.6. The number of carbonyl (C=O) groups is 5. The minimum Gasteiger partial charge on any atom is -0.493 e. The van der Waals surface area contributed by atoms with Gasteiger partial charge in [-0.3, -0.25) is 28.9 Å². The third-order valence-electron chi connectivity index (χ3n) is 13.7. The third-order valence-corrected chi connectivity index (χ3v) is 13.7. The van der Waals surface area contributed by atoms with Crippen LogP contribution in [0.1, 0.15) is 63.6 Å². The summed E-state index contributed by atoms with van der Waals surface area (Å²) in [4.78, 5) is 76.2. The van der Waals surface area contributed by atoms with Gasteiger partial charge in [0.15, 0.2) is 17.4 Å². The molecule has 9 rings (SSSR count). The van der Waals surface area contributed by atoms with Gasteiger partial charge >= 0.3 is 17.9 Å². The van der Waals surface area contributed by atoms with Crippen LogP contribution in [0.3, 0.4) is 0 Å². The number of amides is 2. The van der Waals surface area contributed by atoms with Gasteiger partial charge in [0.25, 0.3) is 0 Å². The van der Waals surface area contributed by atoms with Gasteiger partial charge in [-0.15, -0.1) is 0 Å². The average molecular weight is 934 g/mol. The van der Waals surface area contributed by atoms with E-state index in [0.717, 1.165) is 22.3 Å². The molecule has 0 bridgehead atoms. The second-order valence-electron chi connectivity index (χ2n) is 17.2. The minimum atomic E-state index is -1.82. The number of hydrogen-bond acceptors (Lipinski definition) is 13. The molecule has 2 saturated heterocycles. The van der Waals surface area contributed by atoms with E-state index in [4.69, 9.17) is 28.4 Å². The number of nitrogens with zero attached hydrogens (tertiary/aromatic N) is 2. The summed E-state index contributed by atoms with van der Waals surface area (Å²) in [6, 6.07) is 32.1. The van der Waals surface area contributed by atoms with Crippen LogP contribution in [0.15, 0.2) is 115 Å². The Kier molecular flexibility index (Phi) is 13.1. The van der Waals surface area contributed by atoms with Crippen molar-refractivity contribution in [3.8, 4) is 29.1 Å². The fraction of sp³-hybridized carbons (Fsp3) is 0.315. The first kappa shape index (κ1) is 46.4. The van der Waals surface area contributed by atoms with Crippen molar-refractivity contribution in [1.29, 1.82) is 0 Å². The number of benzene rings is 5. The number of aliphatic hydroxyl groups excluding tert-OH is 1. The second-order valence-corrected chi connectivity index (χ2v) is 17.2. The van der Waals surface area contributed by atoms with Crippen molar-refractivity contribution in [3.63, 3.8) is 0 Å². The number of aliphatic hydroxyl groups is 1. The number of esters is 3. The highest BCUT2D eigenvalue weighted by Crippen LogP contribution is 2.65. The number of fused-ring (bicyclic) bond motifs is 4. The Balaban J connectivity index is 1.28. The highest BCUT2D eigenvalue weighted by molar-refractivity contribution is 6.12. The van der Waals surface area contributed by atoms with Crippen molar-refractivity contribution in [2.45, 2.75) is 49.0 Å². The zero-order chi connectivity index (χ0) is 48.4. The molecule has 5 aromatic rings. The normalized spacial score (nSPS) is 22.3. The number of methoxy groups -OCH3 is 4. The molecule has 4 heterocycles. The molecular formula is C54H51N3O12. The maximum absolute atomic E-state index is 16.2. The molecule has 0 aliphatic carbocycles. The zero-order valence-corrected chi connectivity index (χ0v) is 38.5. The van der Waals surface area contributed by atoms with Crippen LogP contribution >= 0.6 is 0 Å². The molecule has 15 heteroatoms. The van der Waals surface area contributed by atoms with Gasteiger partial charge in [0.05, 0.1) is 53.0 Å². The van der Waals surface area contributed by atoms with E-state index in [9.17, 15) is 14.7 Å². The fourth-order valence-electron chi connectivity index (χ4n) is 10.6. The van der Waals surface area contributed by atoms with Gasteiger partial charge in [0.2, 0.25) is 11.8 Å². The number of hydrogen-bond donors (Lipinski definition) is 2. The van der Waals surface area contributed by atoms with Crippen molar-refractivity contribution in [2.75, 3.05) is 53.5 Å². The van der Waals surface area contributed by atoms with Crippen molar-refractivity contribution in [3.05, 3.63) is 154 Å². The summed E-state index contributed by atoms with van der Waals surface area (Å²) in [6.07, 6.45) is -0.634. The third kappa shape index (κ3) is 8.19. The van der Waals surface area contributed by atoms with Gasteiger partial charge in [-0.1, -0.05) is 84.6 Å². The summed E-state index contributed by atoms with van der Waals surface area (Å²) < 4.78 is 33.4. The van der Waals surface area contributed by atoms with Crippen LogP contribution in [0.2, 0.25) is 0 Å². The molecule has 4 aliphatic rings. The number of cyclic esters (lactones) is 1. The predicted octanol–water partition coefficient (Wildman–Crippen LogP) is 5.63. The molecule has 2 fully saturated rings. The molecule has 1 spiro atoms. The maximum Gasteiger partial charge on any atom is 0.324 e. The van der Waals surface area contributed by atoms with E-state index in [2.05, 4.69) is 17.2 Å². The van der Waals surface area contributed by atoms with E-state index in [1.165, 1.54) is 14.2 Å². The van der Waals surface area contributed by atoms with E-state index in [1.807, 2.05) is 89.8 Å². The Hall–Kier alpha value is -7.67. The zero-order valence-electron chi connectivity index (χ0n) is 38.5. The molecule has 2 amide bonds. The number of anilines is 1. The fourth-order valence-corrected chi connectivity index (χ4v) is 10.6. The predicted molar refractivity (Wildman–Crippen MR) is 250 cm³/mol. The molecule has 5 aromatic carbocycles. The molecule has 4 aliphatic heterocycles. The lowest BCUT2D eigenvalue weighted by atomic mass is 9.65. The van der Waals surface area contributed by atoms with Gasteiger partial charge < -0.3 is 43.7 Å². The highest BCUT2D eigenvalue weighted by atomic mass is 16.6. The standard InChI is InChI=1S/C54H51N3O12/c1-64-42-29-36-24-25-56(31-37(36)30-43(42)65-2)49(59)44-46-52(62)69-47(34-15-9-6-10-16-34)45(33-13-7-5-8-14-33)57(46)48(35-19-21-38(22-20-35)68-27-26-58)54(44)40-28-32(18-23-41(40)55-53(54)63)12-11-17-39(50(60)66-3)51(61)67-4/h5-10,13-16,18-23,28-30,39,44-48,58H,17,24-27,31H2,1-4H3,(H,55,63). The molecule has 69 heavy (non-hydrogen) atoms. The monoisotopic (exact) mass is 933 g/mol. The molecular weight excluding hydrogens is 883 g/mol. The van der Waals surface area contributed by atoms with E-state index < -0.39 is 71.2 Å². The van der Waals surface area contributed by atoms with Gasteiger partial charge in [0, 0.05) is 30.8 Å². The van der Waals surface area contributed by atoms with Crippen LogP contribution in [-0.2, 0) is 56.6 Å². The van der Waals surface area contributed by atoms with Gasteiger partial charge in [-0.2, -0.15) is 0 Å². The largest absolute Gasteiger partial charge is 0.493 e. The number of nitrogens with one attached hydrogen (secondary N) is 1. The highest BCUT2D eigenvalue weighted by Gasteiger charge is 2.74. The van der Waals surface area contributed by atoms with Crippen LogP contribution in [-0.4, -0.2) is 98.9 Å². The number of carbonyl (C=O) groups excluding carboxylic acids is 5. The average Bonchev–Trinajstić information content (AvgIpc) is 3.87. The molecule has 0 radical (unpaired) electrons. The van der Waals surface area contributed by atoms with Crippen molar-refractivity contribution in [2.24, 2.45) is 11.8 Å². The Bertz CT molecular complexity index is 2830. The molecule has 15 nitrogen and oxygen atoms in total. The molecule has 2 N–H and O–H groups in total. The van der Waals surface area contributed by atoms with Gasteiger partial charge in [0.1, 0.15) is 29.9 Å². The lowest BCUT2D eigenvalue weighted by Gasteiger charge is -2.46. The molecule has 0 saturated carbocycles. The maximum atomic E-state index is 16.2. The number of rotatable bonds is 12. The second kappa shape index (κ2) is 19.5. The summed E-state index contributed by atoms with van der Waals surface area (Å²) in [5.41, 5.74) is 3.35. The summed E-state index contributed by atoms with van der Waals surface area (Å²) in [5.74, 6) is 1.65. The first-order valence-electron chi connectivity index (χ1n) is 22.6. The summed E-state index contributed by atoms with van der Waals surface area (Å²) >= 11 is 0. The lowest BCUT2D eigenvalue weighted by Crippen LogP contribution is -2.56. The Morgan fingerprint density at radius 2 is 1.45 bits per heavy atom. The number of ether oxygens (including phenoxy) is 6. The van der Waals surface area contributed by atoms with E-state index >= 15 is 14.4 Å². The topological polar surface area (TPSA) is 179 Å². The number of morpholine rings is 1. The lowest BCUT2D eigenvalue weighted by molar-refractivity contribution is -0.179. The molecule has 6 unspecified atom stereocenters.